The van der Waals surface area contributed by atoms with Gasteiger partial charge in [-0.1, -0.05) is 30.3 Å². The number of anilines is 1. The van der Waals surface area contributed by atoms with Gasteiger partial charge in [0.2, 0.25) is 0 Å². The van der Waals surface area contributed by atoms with E-state index in [0.29, 0.717) is 74.8 Å². The van der Waals surface area contributed by atoms with E-state index in [1.54, 1.807) is 35.2 Å². The number of ketones is 1. The minimum absolute atomic E-state index is 0.1000. The molecule has 0 bridgehead atoms. The molecular formula is C29H36N6O6. The molecule has 0 radical (unpaired) electrons. The molecule has 0 spiro atoms. The van der Waals surface area contributed by atoms with Crippen molar-refractivity contribution in [3.05, 3.63) is 65.9 Å². The van der Waals surface area contributed by atoms with Crippen LogP contribution in [0.1, 0.15) is 27.6 Å². The third kappa shape index (κ3) is 7.48. The highest BCUT2D eigenvalue weighted by molar-refractivity contribution is 6.45. The predicted molar refractivity (Wildman–Crippen MR) is 154 cm³/mol. The van der Waals surface area contributed by atoms with Gasteiger partial charge in [0.25, 0.3) is 17.6 Å². The van der Waals surface area contributed by atoms with E-state index >= 15 is 0 Å². The minimum Gasteiger partial charge on any atom is -0.378 e. The van der Waals surface area contributed by atoms with Crippen LogP contribution in [0.2, 0.25) is 0 Å². The molecule has 12 heteroatoms. The molecule has 1 aliphatic rings. The Balaban J connectivity index is 1.32. The van der Waals surface area contributed by atoms with Crippen LogP contribution in [0, 0.1) is 0 Å². The van der Waals surface area contributed by atoms with Crippen LogP contribution in [0.15, 0.2) is 54.7 Å². The number of nitrogens with two attached hydrogens (primary N) is 1. The fourth-order valence-corrected chi connectivity index (χ4v) is 4.71. The van der Waals surface area contributed by atoms with Crippen molar-refractivity contribution in [2.45, 2.75) is 13.0 Å². The van der Waals surface area contributed by atoms with Crippen LogP contribution in [-0.4, -0.2) is 104 Å². The monoisotopic (exact) mass is 564 g/mol. The van der Waals surface area contributed by atoms with Gasteiger partial charge in [-0.3, -0.25) is 14.4 Å². The quantitative estimate of drug-likeness (QED) is 0.148. The van der Waals surface area contributed by atoms with E-state index in [1.807, 2.05) is 25.1 Å². The van der Waals surface area contributed by atoms with Crippen molar-refractivity contribution in [3.63, 3.8) is 0 Å². The van der Waals surface area contributed by atoms with Gasteiger partial charge in [0.05, 0.1) is 43.2 Å². The first-order valence-corrected chi connectivity index (χ1v) is 13.6. The first-order chi connectivity index (χ1) is 19.9. The predicted octanol–water partition coefficient (Wildman–Crippen LogP) is 1.84. The number of hydrogen-bond acceptors (Lipinski definition) is 7. The Morgan fingerprint density at radius 1 is 0.976 bits per heavy atom. The number of rotatable bonds is 12. The summed E-state index contributed by atoms with van der Waals surface area (Å²) in [6.07, 6.45) is 1.48. The molecule has 4 amide bonds. The summed E-state index contributed by atoms with van der Waals surface area (Å²) in [5.74, 6) is -1.38. The molecule has 41 heavy (non-hydrogen) atoms. The average molecular weight is 565 g/mol. The number of fused-ring (bicyclic) bond motifs is 1. The van der Waals surface area contributed by atoms with Gasteiger partial charge >= 0.3 is 6.03 Å². The zero-order chi connectivity index (χ0) is 29.2. The lowest BCUT2D eigenvalue weighted by Crippen LogP contribution is -2.56. The maximum Gasteiger partial charge on any atom is 0.319 e. The van der Waals surface area contributed by atoms with Crippen LogP contribution in [0.25, 0.3) is 10.9 Å². The van der Waals surface area contributed by atoms with Crippen LogP contribution in [0.3, 0.4) is 0 Å². The van der Waals surface area contributed by atoms with Crippen LogP contribution >= 0.6 is 0 Å². The number of ether oxygens (including phenoxy) is 2. The minimum atomic E-state index is -0.653. The number of aromatic amines is 1. The Bertz CT molecular complexity index is 1360. The highest BCUT2D eigenvalue weighted by atomic mass is 16.5. The number of aromatic nitrogens is 1. The topological polar surface area (TPSA) is 159 Å². The molecule has 3 aromatic rings. The van der Waals surface area contributed by atoms with Crippen molar-refractivity contribution in [1.29, 1.82) is 0 Å². The number of para-hydroxylation sites is 1. The smallest absolute Gasteiger partial charge is 0.319 e. The zero-order valence-electron chi connectivity index (χ0n) is 23.1. The first kappa shape index (κ1) is 29.7. The van der Waals surface area contributed by atoms with Gasteiger partial charge < -0.3 is 40.6 Å². The van der Waals surface area contributed by atoms with Crippen LogP contribution in [0.4, 0.5) is 10.5 Å². The van der Waals surface area contributed by atoms with Crippen molar-refractivity contribution in [3.8, 4) is 0 Å². The number of H-pyrrole nitrogens is 1. The second-order valence-electron chi connectivity index (χ2n) is 9.62. The van der Waals surface area contributed by atoms with Gasteiger partial charge in [-0.2, -0.15) is 0 Å². The van der Waals surface area contributed by atoms with E-state index in [1.165, 1.54) is 11.1 Å². The number of hydrogen-bond donors (Lipinski definition) is 4. The lowest BCUT2D eigenvalue weighted by atomic mass is 10.1. The summed E-state index contributed by atoms with van der Waals surface area (Å²) in [4.78, 5) is 58.0. The van der Waals surface area contributed by atoms with Crippen LogP contribution < -0.4 is 16.4 Å². The number of amides is 4. The molecular weight excluding hydrogens is 528 g/mol. The molecule has 0 unspecified atom stereocenters. The molecule has 1 atom stereocenters. The van der Waals surface area contributed by atoms with E-state index in [2.05, 4.69) is 15.6 Å². The Morgan fingerprint density at radius 2 is 1.73 bits per heavy atom. The van der Waals surface area contributed by atoms with Crippen LogP contribution in [0.5, 0.6) is 0 Å². The largest absolute Gasteiger partial charge is 0.378 e. The first-order valence-electron chi connectivity index (χ1n) is 13.6. The molecule has 1 aliphatic heterocycles. The summed E-state index contributed by atoms with van der Waals surface area (Å²) in [7, 11) is 0. The van der Waals surface area contributed by atoms with E-state index in [9.17, 15) is 19.2 Å². The van der Waals surface area contributed by atoms with E-state index < -0.39 is 17.7 Å². The van der Waals surface area contributed by atoms with Gasteiger partial charge in [-0.15, -0.1) is 0 Å². The van der Waals surface area contributed by atoms with E-state index in [4.69, 9.17) is 15.2 Å². The molecule has 0 saturated carbocycles. The van der Waals surface area contributed by atoms with E-state index in [-0.39, 0.29) is 24.1 Å². The summed E-state index contributed by atoms with van der Waals surface area (Å²) in [5, 5.41) is 6.00. The Hall–Kier alpha value is -4.26. The molecule has 2 aromatic carbocycles. The Morgan fingerprint density at radius 3 is 2.46 bits per heavy atom. The third-order valence-corrected chi connectivity index (χ3v) is 6.77. The summed E-state index contributed by atoms with van der Waals surface area (Å²) in [5.41, 5.74) is 7.14. The molecule has 4 rings (SSSR count). The number of Topliss-reactive ketones (excluding diaryl/α,β-unsaturated/α-hetero) is 1. The van der Waals surface area contributed by atoms with Gasteiger partial charge in [-0.25, -0.2) is 4.79 Å². The normalized spacial score (nSPS) is 15.1. The summed E-state index contributed by atoms with van der Waals surface area (Å²) in [6, 6.07) is 13.3. The Kier molecular flexibility index (Phi) is 10.4. The number of carbonyl (C=O) groups is 4. The lowest BCUT2D eigenvalue weighted by molar-refractivity contribution is -0.130. The van der Waals surface area contributed by atoms with Crippen LogP contribution in [-0.2, 0) is 14.3 Å². The zero-order valence-corrected chi connectivity index (χ0v) is 23.1. The second-order valence-corrected chi connectivity index (χ2v) is 9.62. The van der Waals surface area contributed by atoms with E-state index in [0.717, 1.165) is 0 Å². The summed E-state index contributed by atoms with van der Waals surface area (Å²) < 4.78 is 10.6. The number of benzene rings is 2. The maximum atomic E-state index is 13.3. The maximum absolute atomic E-state index is 13.3. The highest BCUT2D eigenvalue weighted by Gasteiger charge is 2.34. The molecule has 2 heterocycles. The molecule has 5 N–H and O–H groups in total. The highest BCUT2D eigenvalue weighted by Crippen LogP contribution is 2.26. The second kappa shape index (κ2) is 14.4. The number of carbonyl (C=O) groups excluding carboxylic acids is 4. The number of urea groups is 1. The van der Waals surface area contributed by atoms with Gasteiger partial charge in [0.1, 0.15) is 0 Å². The van der Waals surface area contributed by atoms with Crippen molar-refractivity contribution in [1.82, 2.24) is 20.1 Å². The van der Waals surface area contributed by atoms with Crippen molar-refractivity contribution in [2.24, 2.45) is 5.73 Å². The fraction of sp³-hybridized carbons (Fsp3) is 0.379. The fourth-order valence-electron chi connectivity index (χ4n) is 4.71. The molecule has 12 nitrogen and oxygen atoms in total. The Labute approximate surface area is 238 Å². The molecule has 1 saturated heterocycles. The number of nitrogens with zero attached hydrogens (tertiary/aromatic N) is 2. The van der Waals surface area contributed by atoms with Crippen molar-refractivity contribution < 1.29 is 28.7 Å². The van der Waals surface area contributed by atoms with Gasteiger partial charge in [0, 0.05) is 55.9 Å². The number of nitrogens with one attached hydrogen (secondary N) is 3. The number of piperazine rings is 1. The molecule has 1 fully saturated rings. The third-order valence-electron chi connectivity index (χ3n) is 6.77. The standard InChI is InChI=1S/C29H36N6O6/c1-20-19-34(27(37)21-6-3-2-4-7-21)12-13-35(20)28(38)26(36)23-18-32-25-22(23)8-5-9-24(25)33-29(39)31-11-15-41-17-16-40-14-10-30/h2-9,18,20,32H,10-17,19,30H2,1H3,(H2,31,33,39)/t20-/m1/s1. The SMILES string of the molecule is C[C@@H]1CN(C(=O)c2ccccc2)CCN1C(=O)C(=O)c1c[nH]c2c(NC(=O)NCCOCCOCCN)cccc12. The molecule has 218 valence electrons. The van der Waals surface area contributed by atoms with Gasteiger partial charge in [0.15, 0.2) is 0 Å². The average Bonchev–Trinajstić information content (AvgIpc) is 3.43. The summed E-state index contributed by atoms with van der Waals surface area (Å²) >= 11 is 0. The molecule has 0 aliphatic carbocycles. The lowest BCUT2D eigenvalue weighted by Gasteiger charge is -2.39. The van der Waals surface area contributed by atoms with Crippen molar-refractivity contribution >= 4 is 40.2 Å². The van der Waals surface area contributed by atoms with Crippen molar-refractivity contribution in [2.75, 3.05) is 64.5 Å². The summed E-state index contributed by atoms with van der Waals surface area (Å²) in [6.45, 7) is 5.13. The van der Waals surface area contributed by atoms with Gasteiger partial charge in [-0.05, 0) is 25.1 Å². The molecule has 1 aromatic heterocycles.